The second-order valence-electron chi connectivity index (χ2n) is 19.7. The van der Waals surface area contributed by atoms with Crippen LogP contribution in [0.5, 0.6) is 0 Å². The third-order valence-corrected chi connectivity index (χ3v) is 13.8. The molecule has 3 saturated heterocycles. The number of amides is 1. The molecule has 0 spiro atoms. The molecule has 0 aromatic carbocycles. The molecule has 0 saturated carbocycles. The molecular formula is C51H95NO18. The summed E-state index contributed by atoms with van der Waals surface area (Å²) in [5.41, 5.74) is 0. The first-order valence-corrected chi connectivity index (χ1v) is 26.9. The van der Waals surface area contributed by atoms with E-state index in [9.17, 15) is 61.0 Å². The molecule has 412 valence electrons. The number of unbranched alkanes of at least 4 members (excludes halogenated alkanes) is 22. The zero-order valence-corrected chi connectivity index (χ0v) is 42.3. The summed E-state index contributed by atoms with van der Waals surface area (Å²) in [5, 5.41) is 120. The number of rotatable bonds is 38. The Bertz CT molecular complexity index is 1350. The minimum absolute atomic E-state index is 0.245. The summed E-state index contributed by atoms with van der Waals surface area (Å²) in [6.45, 7) is 1.66. The van der Waals surface area contributed by atoms with Gasteiger partial charge in [0, 0.05) is 6.42 Å². The number of carbonyl (C=O) groups is 1. The number of aliphatic hydroxyl groups is 11. The van der Waals surface area contributed by atoms with E-state index in [0.29, 0.717) is 6.42 Å². The fourth-order valence-corrected chi connectivity index (χ4v) is 9.31. The van der Waals surface area contributed by atoms with Crippen molar-refractivity contribution >= 4 is 5.91 Å². The highest BCUT2D eigenvalue weighted by atomic mass is 16.8. The lowest BCUT2D eigenvalue weighted by Crippen LogP contribution is -2.66. The second-order valence-corrected chi connectivity index (χ2v) is 19.7. The molecule has 3 heterocycles. The van der Waals surface area contributed by atoms with Crippen molar-refractivity contribution in [3.05, 3.63) is 12.2 Å². The minimum atomic E-state index is -1.97. The van der Waals surface area contributed by atoms with Crippen LogP contribution in [0.25, 0.3) is 0 Å². The van der Waals surface area contributed by atoms with Crippen LogP contribution < -0.4 is 5.32 Å². The topological polar surface area (TPSA) is 307 Å². The summed E-state index contributed by atoms with van der Waals surface area (Å²) in [6, 6.07) is -0.964. The van der Waals surface area contributed by atoms with E-state index in [0.717, 1.165) is 44.9 Å². The van der Waals surface area contributed by atoms with Crippen LogP contribution in [0, 0.1) is 0 Å². The van der Waals surface area contributed by atoms with Crippen LogP contribution in [0.4, 0.5) is 0 Å². The maximum atomic E-state index is 13.2. The van der Waals surface area contributed by atoms with E-state index >= 15 is 0 Å². The number of hydrogen-bond donors (Lipinski definition) is 12. The molecule has 3 aliphatic heterocycles. The molecule has 70 heavy (non-hydrogen) atoms. The molecule has 3 aliphatic rings. The molecule has 0 aromatic heterocycles. The van der Waals surface area contributed by atoms with Gasteiger partial charge in [0.05, 0.1) is 38.6 Å². The summed E-state index contributed by atoms with van der Waals surface area (Å²) < 4.78 is 34.1. The van der Waals surface area contributed by atoms with E-state index in [1.165, 1.54) is 103 Å². The predicted octanol–water partition coefficient (Wildman–Crippen LogP) is 2.65. The van der Waals surface area contributed by atoms with Gasteiger partial charge in [0.25, 0.3) is 0 Å². The third-order valence-electron chi connectivity index (χ3n) is 13.8. The molecule has 19 heteroatoms. The molecule has 0 aromatic rings. The van der Waals surface area contributed by atoms with E-state index in [2.05, 4.69) is 19.2 Å². The van der Waals surface area contributed by atoms with Gasteiger partial charge in [-0.15, -0.1) is 0 Å². The van der Waals surface area contributed by atoms with Crippen LogP contribution in [-0.2, 0) is 33.2 Å². The molecule has 0 aliphatic carbocycles. The lowest BCUT2D eigenvalue weighted by atomic mass is 9.96. The fourth-order valence-electron chi connectivity index (χ4n) is 9.31. The lowest BCUT2D eigenvalue weighted by molar-refractivity contribution is -0.379. The largest absolute Gasteiger partial charge is 0.394 e. The maximum absolute atomic E-state index is 13.2. The van der Waals surface area contributed by atoms with Gasteiger partial charge < -0.3 is 89.9 Å². The van der Waals surface area contributed by atoms with Crippen molar-refractivity contribution in [1.29, 1.82) is 0 Å². The van der Waals surface area contributed by atoms with Gasteiger partial charge in [-0.25, -0.2) is 0 Å². The first-order valence-electron chi connectivity index (χ1n) is 26.9. The highest BCUT2D eigenvalue weighted by Gasteiger charge is 2.53. The van der Waals surface area contributed by atoms with Gasteiger partial charge in [0.2, 0.25) is 5.91 Å². The second kappa shape index (κ2) is 36.5. The first kappa shape index (κ1) is 62.8. The van der Waals surface area contributed by atoms with E-state index in [4.69, 9.17) is 28.4 Å². The molecule has 3 fully saturated rings. The molecule has 1 amide bonds. The van der Waals surface area contributed by atoms with Gasteiger partial charge in [0.15, 0.2) is 18.9 Å². The Morgan fingerprint density at radius 3 is 1.34 bits per heavy atom. The Kier molecular flexibility index (Phi) is 32.7. The van der Waals surface area contributed by atoms with Crippen molar-refractivity contribution in [1.82, 2.24) is 5.32 Å². The minimum Gasteiger partial charge on any atom is -0.394 e. The molecule has 0 radical (unpaired) electrons. The predicted molar refractivity (Wildman–Crippen MR) is 259 cm³/mol. The molecule has 3 rings (SSSR count). The number of aliphatic hydroxyl groups excluding tert-OH is 11. The molecule has 12 N–H and O–H groups in total. The number of nitrogens with one attached hydrogen (secondary N) is 1. The Morgan fingerprint density at radius 1 is 0.500 bits per heavy atom. The highest BCUT2D eigenvalue weighted by Crippen LogP contribution is 2.33. The van der Waals surface area contributed by atoms with Gasteiger partial charge in [-0.1, -0.05) is 161 Å². The lowest BCUT2D eigenvalue weighted by Gasteiger charge is -2.48. The van der Waals surface area contributed by atoms with Crippen molar-refractivity contribution in [2.45, 2.75) is 279 Å². The number of allylic oxidation sites excluding steroid dienone is 1. The number of ether oxygens (including phenoxy) is 6. The third kappa shape index (κ3) is 21.8. The molecular weight excluding hydrogens is 915 g/mol. The summed E-state index contributed by atoms with van der Waals surface area (Å²) in [4.78, 5) is 13.2. The van der Waals surface area contributed by atoms with Crippen molar-refractivity contribution < 1.29 is 89.4 Å². The van der Waals surface area contributed by atoms with Gasteiger partial charge >= 0.3 is 0 Å². The maximum Gasteiger partial charge on any atom is 0.220 e. The monoisotopic (exact) mass is 1010 g/mol. The fraction of sp³-hybridized carbons (Fsp3) is 0.941. The smallest absolute Gasteiger partial charge is 0.220 e. The van der Waals surface area contributed by atoms with Gasteiger partial charge in [0.1, 0.15) is 73.2 Å². The molecule has 19 nitrogen and oxygen atoms in total. The van der Waals surface area contributed by atoms with E-state index in [1.54, 1.807) is 6.08 Å². The van der Waals surface area contributed by atoms with Crippen LogP contribution in [0.2, 0.25) is 0 Å². The van der Waals surface area contributed by atoms with Crippen LogP contribution in [-0.4, -0.2) is 193 Å². The summed E-state index contributed by atoms with van der Waals surface area (Å²) in [7, 11) is 0. The van der Waals surface area contributed by atoms with Gasteiger partial charge in [-0.3, -0.25) is 4.79 Å². The SMILES string of the molecule is CCCCCCCCCCCCCCCCC/C=C/C(O)C(COC1OC(CO)C(OC2OC(CO)C(OC3OC(CO)C(O)C(O)C3O)C(O)C2O)C(O)C1O)NC(=O)CCCCCCCCCC. The Morgan fingerprint density at radius 2 is 0.886 bits per heavy atom. The van der Waals surface area contributed by atoms with Crippen molar-refractivity contribution in [3.8, 4) is 0 Å². The average Bonchev–Trinajstić information content (AvgIpc) is 3.35. The zero-order chi connectivity index (χ0) is 51.3. The van der Waals surface area contributed by atoms with Crippen LogP contribution in [0.3, 0.4) is 0 Å². The molecule has 17 atom stereocenters. The molecule has 17 unspecified atom stereocenters. The highest BCUT2D eigenvalue weighted by molar-refractivity contribution is 5.76. The average molecular weight is 1010 g/mol. The van der Waals surface area contributed by atoms with E-state index in [-0.39, 0.29) is 18.9 Å². The Labute approximate surface area is 416 Å². The van der Waals surface area contributed by atoms with E-state index in [1.807, 2.05) is 6.08 Å². The van der Waals surface area contributed by atoms with E-state index < -0.39 is 124 Å². The summed E-state index contributed by atoms with van der Waals surface area (Å²) >= 11 is 0. The number of hydrogen-bond acceptors (Lipinski definition) is 18. The van der Waals surface area contributed by atoms with Gasteiger partial charge in [-0.05, 0) is 19.3 Å². The molecule has 0 bridgehead atoms. The van der Waals surface area contributed by atoms with Crippen molar-refractivity contribution in [2.24, 2.45) is 0 Å². The zero-order valence-electron chi connectivity index (χ0n) is 42.3. The van der Waals surface area contributed by atoms with Crippen LogP contribution in [0.1, 0.15) is 174 Å². The standard InChI is InChI=1S/C51H95NO18/c1-3-5-7-9-11-13-14-15-16-17-18-19-20-21-22-24-26-28-35(56)34(52-39(57)29-27-25-23-12-10-8-6-4-2)33-65-49-45(63)42(60)47(37(31-54)67-49)70-51-46(64)43(61)48(38(32-55)68-51)69-50-44(62)41(59)40(58)36(30-53)66-50/h26,28,34-38,40-51,53-56,58-64H,3-25,27,29-33H2,1-2H3,(H,52,57)/b28-26+. The van der Waals surface area contributed by atoms with Crippen LogP contribution >= 0.6 is 0 Å². The first-order chi connectivity index (χ1) is 33.8. The van der Waals surface area contributed by atoms with Crippen molar-refractivity contribution in [3.63, 3.8) is 0 Å². The quantitative estimate of drug-likeness (QED) is 0.0313. The Balaban J connectivity index is 1.53. The summed E-state index contributed by atoms with van der Waals surface area (Å²) in [6.07, 6.45) is 5.15. The normalized spacial score (nSPS) is 32.6. The van der Waals surface area contributed by atoms with Crippen molar-refractivity contribution in [2.75, 3.05) is 26.4 Å². The van der Waals surface area contributed by atoms with Crippen LogP contribution in [0.15, 0.2) is 12.2 Å². The van der Waals surface area contributed by atoms with Gasteiger partial charge in [-0.2, -0.15) is 0 Å². The summed E-state index contributed by atoms with van der Waals surface area (Å²) in [5.74, 6) is -0.281. The Hall–Kier alpha value is -1.47. The number of carbonyl (C=O) groups excluding carboxylic acids is 1.